The second-order valence-corrected chi connectivity index (χ2v) is 5.17. The zero-order valence-electron chi connectivity index (χ0n) is 10.8. The van der Waals surface area contributed by atoms with Gasteiger partial charge in [0.15, 0.2) is 0 Å². The Balaban J connectivity index is 2.49. The lowest BCUT2D eigenvalue weighted by Gasteiger charge is -2.40. The Bertz CT molecular complexity index is 162. The Morgan fingerprint density at radius 3 is 2.33 bits per heavy atom. The largest absolute Gasteiger partial charge is 0.316 e. The summed E-state index contributed by atoms with van der Waals surface area (Å²) < 4.78 is 0. The Labute approximate surface area is 95.4 Å². The maximum absolute atomic E-state index is 3.56. The van der Waals surface area contributed by atoms with E-state index >= 15 is 0 Å². The van der Waals surface area contributed by atoms with E-state index in [2.05, 4.69) is 31.1 Å². The average Bonchev–Trinajstić information content (AvgIpc) is 2.27. The monoisotopic (exact) mass is 212 g/mol. The van der Waals surface area contributed by atoms with Crippen LogP contribution in [0.25, 0.3) is 0 Å². The molecule has 90 valence electrons. The molecule has 1 fully saturated rings. The van der Waals surface area contributed by atoms with Crippen LogP contribution in [-0.2, 0) is 0 Å². The van der Waals surface area contributed by atoms with Gasteiger partial charge in [-0.2, -0.15) is 0 Å². The van der Waals surface area contributed by atoms with Gasteiger partial charge in [-0.25, -0.2) is 0 Å². The van der Waals surface area contributed by atoms with Crippen molar-refractivity contribution in [2.75, 3.05) is 33.2 Å². The highest BCUT2D eigenvalue weighted by atomic mass is 15.1. The third kappa shape index (κ3) is 4.12. The molecule has 1 aliphatic carbocycles. The topological polar surface area (TPSA) is 15.3 Å². The van der Waals surface area contributed by atoms with E-state index in [1.807, 2.05) is 0 Å². The molecule has 1 N–H and O–H groups in total. The maximum Gasteiger partial charge on any atom is 0.00470 e. The molecule has 0 spiro atoms. The van der Waals surface area contributed by atoms with Gasteiger partial charge in [0.2, 0.25) is 0 Å². The SMILES string of the molecule is CCNCC1(CN(C)CC)CCCCC1. The van der Waals surface area contributed by atoms with Crippen LogP contribution in [0.3, 0.4) is 0 Å². The van der Waals surface area contributed by atoms with Gasteiger partial charge in [0.1, 0.15) is 0 Å². The Morgan fingerprint density at radius 1 is 1.13 bits per heavy atom. The number of hydrogen-bond acceptors (Lipinski definition) is 2. The van der Waals surface area contributed by atoms with Crippen molar-refractivity contribution in [1.29, 1.82) is 0 Å². The highest BCUT2D eigenvalue weighted by Gasteiger charge is 2.32. The molecular weight excluding hydrogens is 184 g/mol. The van der Waals surface area contributed by atoms with Gasteiger partial charge in [0.05, 0.1) is 0 Å². The smallest absolute Gasteiger partial charge is 0.00470 e. The predicted octanol–water partition coefficient (Wildman–Crippen LogP) is 2.50. The number of rotatable bonds is 6. The minimum Gasteiger partial charge on any atom is -0.316 e. The normalized spacial score (nSPS) is 20.8. The molecule has 0 unspecified atom stereocenters. The van der Waals surface area contributed by atoms with Gasteiger partial charge in [-0.05, 0) is 38.4 Å². The van der Waals surface area contributed by atoms with E-state index in [0.717, 1.165) is 6.54 Å². The fraction of sp³-hybridized carbons (Fsp3) is 1.00. The summed E-state index contributed by atoms with van der Waals surface area (Å²) in [6.07, 6.45) is 7.16. The molecule has 0 amide bonds. The summed E-state index contributed by atoms with van der Waals surface area (Å²) >= 11 is 0. The van der Waals surface area contributed by atoms with Crippen LogP contribution in [0.15, 0.2) is 0 Å². The first-order chi connectivity index (χ1) is 7.22. The van der Waals surface area contributed by atoms with Crippen molar-refractivity contribution in [2.24, 2.45) is 5.41 Å². The van der Waals surface area contributed by atoms with Gasteiger partial charge in [-0.1, -0.05) is 33.1 Å². The zero-order chi connectivity index (χ0) is 11.1. The van der Waals surface area contributed by atoms with Crippen LogP contribution in [0, 0.1) is 5.41 Å². The highest BCUT2D eigenvalue weighted by Crippen LogP contribution is 2.36. The Morgan fingerprint density at radius 2 is 1.80 bits per heavy atom. The Hall–Kier alpha value is -0.0800. The summed E-state index contributed by atoms with van der Waals surface area (Å²) in [6.45, 7) is 9.24. The van der Waals surface area contributed by atoms with Gasteiger partial charge in [0, 0.05) is 13.1 Å². The first-order valence-corrected chi connectivity index (χ1v) is 6.62. The van der Waals surface area contributed by atoms with Crippen LogP contribution >= 0.6 is 0 Å². The summed E-state index contributed by atoms with van der Waals surface area (Å²) in [5.41, 5.74) is 0.568. The van der Waals surface area contributed by atoms with Gasteiger partial charge in [-0.3, -0.25) is 0 Å². The molecule has 1 rings (SSSR count). The lowest BCUT2D eigenvalue weighted by atomic mass is 9.73. The molecule has 0 bridgehead atoms. The van der Waals surface area contributed by atoms with E-state index < -0.39 is 0 Å². The lowest BCUT2D eigenvalue weighted by Crippen LogP contribution is -2.44. The molecule has 0 atom stereocenters. The summed E-state index contributed by atoms with van der Waals surface area (Å²) in [6, 6.07) is 0. The number of nitrogens with one attached hydrogen (secondary N) is 1. The summed E-state index contributed by atoms with van der Waals surface area (Å²) in [5, 5.41) is 3.56. The van der Waals surface area contributed by atoms with E-state index in [1.54, 1.807) is 0 Å². The van der Waals surface area contributed by atoms with E-state index in [4.69, 9.17) is 0 Å². The first-order valence-electron chi connectivity index (χ1n) is 6.62. The lowest BCUT2D eigenvalue weighted by molar-refractivity contribution is 0.121. The van der Waals surface area contributed by atoms with Crippen LogP contribution in [0.2, 0.25) is 0 Å². The maximum atomic E-state index is 3.56. The second kappa shape index (κ2) is 6.49. The highest BCUT2D eigenvalue weighted by molar-refractivity contribution is 4.87. The predicted molar refractivity (Wildman–Crippen MR) is 67.2 cm³/mol. The Kier molecular flexibility index (Phi) is 5.62. The van der Waals surface area contributed by atoms with E-state index in [9.17, 15) is 0 Å². The fourth-order valence-corrected chi connectivity index (χ4v) is 2.77. The van der Waals surface area contributed by atoms with Crippen LogP contribution in [0.4, 0.5) is 0 Å². The first kappa shape index (κ1) is 13.0. The quantitative estimate of drug-likeness (QED) is 0.728. The van der Waals surface area contributed by atoms with Crippen LogP contribution < -0.4 is 5.32 Å². The third-order valence-electron chi connectivity index (χ3n) is 3.81. The van der Waals surface area contributed by atoms with Crippen molar-refractivity contribution in [3.8, 4) is 0 Å². The standard InChI is InChI=1S/C13H28N2/c1-4-14-11-13(12-15(3)5-2)9-7-6-8-10-13/h14H,4-12H2,1-3H3. The van der Waals surface area contributed by atoms with E-state index in [-0.39, 0.29) is 0 Å². The summed E-state index contributed by atoms with van der Waals surface area (Å²) in [7, 11) is 2.25. The van der Waals surface area contributed by atoms with Crippen LogP contribution in [-0.4, -0.2) is 38.1 Å². The molecule has 0 saturated heterocycles. The average molecular weight is 212 g/mol. The van der Waals surface area contributed by atoms with E-state index in [0.29, 0.717) is 5.41 Å². The molecule has 1 saturated carbocycles. The van der Waals surface area contributed by atoms with Crippen LogP contribution in [0.5, 0.6) is 0 Å². The van der Waals surface area contributed by atoms with Crippen molar-refractivity contribution in [3.05, 3.63) is 0 Å². The molecule has 0 aliphatic heterocycles. The van der Waals surface area contributed by atoms with Crippen molar-refractivity contribution in [2.45, 2.75) is 46.0 Å². The van der Waals surface area contributed by atoms with Crippen molar-refractivity contribution >= 4 is 0 Å². The zero-order valence-corrected chi connectivity index (χ0v) is 10.8. The molecule has 0 aromatic rings. The second-order valence-electron chi connectivity index (χ2n) is 5.17. The van der Waals surface area contributed by atoms with Crippen molar-refractivity contribution in [3.63, 3.8) is 0 Å². The number of nitrogens with zero attached hydrogens (tertiary/aromatic N) is 1. The van der Waals surface area contributed by atoms with Crippen molar-refractivity contribution < 1.29 is 0 Å². The molecule has 2 nitrogen and oxygen atoms in total. The molecule has 0 aromatic carbocycles. The summed E-state index contributed by atoms with van der Waals surface area (Å²) in [5.74, 6) is 0. The molecule has 2 heteroatoms. The van der Waals surface area contributed by atoms with Crippen molar-refractivity contribution in [1.82, 2.24) is 10.2 Å². The molecule has 15 heavy (non-hydrogen) atoms. The molecule has 1 aliphatic rings. The van der Waals surface area contributed by atoms with Crippen LogP contribution in [0.1, 0.15) is 46.0 Å². The molecule has 0 heterocycles. The molecule has 0 radical (unpaired) electrons. The minimum absolute atomic E-state index is 0.568. The minimum atomic E-state index is 0.568. The summed E-state index contributed by atoms with van der Waals surface area (Å²) in [4.78, 5) is 2.47. The van der Waals surface area contributed by atoms with Gasteiger partial charge in [0.25, 0.3) is 0 Å². The molecular formula is C13H28N2. The van der Waals surface area contributed by atoms with E-state index in [1.165, 1.54) is 51.7 Å². The van der Waals surface area contributed by atoms with Gasteiger partial charge >= 0.3 is 0 Å². The number of hydrogen-bond donors (Lipinski definition) is 1. The van der Waals surface area contributed by atoms with Gasteiger partial charge in [-0.15, -0.1) is 0 Å². The fourth-order valence-electron chi connectivity index (χ4n) is 2.77. The third-order valence-corrected chi connectivity index (χ3v) is 3.81. The van der Waals surface area contributed by atoms with Gasteiger partial charge < -0.3 is 10.2 Å². The molecule has 0 aromatic heterocycles.